The number of hydrogen-bond acceptors (Lipinski definition) is 8. The zero-order chi connectivity index (χ0) is 25.3. The minimum Gasteiger partial charge on any atom is -0.507 e. The molecule has 3 aromatic rings. The van der Waals surface area contributed by atoms with Crippen LogP contribution in [0.15, 0.2) is 54.1 Å². The number of anilines is 1. The lowest BCUT2D eigenvalue weighted by Gasteiger charge is -2.23. The van der Waals surface area contributed by atoms with Gasteiger partial charge in [0.2, 0.25) is 0 Å². The van der Waals surface area contributed by atoms with Gasteiger partial charge in [-0.2, -0.15) is 0 Å². The van der Waals surface area contributed by atoms with Crippen molar-refractivity contribution in [1.82, 2.24) is 4.98 Å². The third-order valence-electron chi connectivity index (χ3n) is 5.64. The Labute approximate surface area is 206 Å². The Morgan fingerprint density at radius 3 is 2.34 bits per heavy atom. The van der Waals surface area contributed by atoms with Crippen LogP contribution in [0.5, 0.6) is 5.75 Å². The molecule has 2 heterocycles. The summed E-state index contributed by atoms with van der Waals surface area (Å²) < 4.78 is 10.3. The van der Waals surface area contributed by atoms with Gasteiger partial charge in [-0.15, -0.1) is 0 Å². The van der Waals surface area contributed by atoms with E-state index in [-0.39, 0.29) is 21.3 Å². The molecule has 1 aliphatic rings. The number of aromatic nitrogens is 1. The summed E-state index contributed by atoms with van der Waals surface area (Å²) in [6.07, 6.45) is 0. The van der Waals surface area contributed by atoms with Crippen LogP contribution >= 0.6 is 11.3 Å². The number of carbonyl (C=O) groups excluding carboxylic acids is 3. The molecule has 180 valence electrons. The number of Topliss-reactive ketones (excluding diaryl/α,β-unsaturated/α-hetero) is 1. The highest BCUT2D eigenvalue weighted by Crippen LogP contribution is 2.44. The van der Waals surface area contributed by atoms with E-state index in [9.17, 15) is 19.5 Å². The van der Waals surface area contributed by atoms with Crippen molar-refractivity contribution in [3.8, 4) is 5.75 Å². The molecular formula is C26H24N2O6S. The van der Waals surface area contributed by atoms with Crippen LogP contribution in [0, 0.1) is 13.8 Å². The highest BCUT2D eigenvalue weighted by molar-refractivity contribution is 7.17. The van der Waals surface area contributed by atoms with Crippen molar-refractivity contribution in [2.24, 2.45) is 0 Å². The van der Waals surface area contributed by atoms with Crippen molar-refractivity contribution >= 4 is 39.9 Å². The van der Waals surface area contributed by atoms with Gasteiger partial charge in [-0.1, -0.05) is 53.3 Å². The van der Waals surface area contributed by atoms with Gasteiger partial charge in [0.1, 0.15) is 16.4 Å². The van der Waals surface area contributed by atoms with Crippen LogP contribution in [0.2, 0.25) is 0 Å². The monoisotopic (exact) mass is 492 g/mol. The van der Waals surface area contributed by atoms with Crippen LogP contribution in [0.1, 0.15) is 45.0 Å². The molecule has 35 heavy (non-hydrogen) atoms. The largest absolute Gasteiger partial charge is 0.507 e. The van der Waals surface area contributed by atoms with Gasteiger partial charge in [0.25, 0.3) is 5.78 Å². The van der Waals surface area contributed by atoms with Gasteiger partial charge in [0.15, 0.2) is 5.13 Å². The van der Waals surface area contributed by atoms with Crippen LogP contribution < -0.4 is 9.64 Å². The van der Waals surface area contributed by atoms with E-state index in [1.54, 1.807) is 43.3 Å². The van der Waals surface area contributed by atoms with Gasteiger partial charge in [0.05, 0.1) is 31.0 Å². The van der Waals surface area contributed by atoms with Crippen LogP contribution in [0.4, 0.5) is 5.13 Å². The Morgan fingerprint density at radius 2 is 1.74 bits per heavy atom. The first kappa shape index (κ1) is 24.2. The van der Waals surface area contributed by atoms with E-state index >= 15 is 0 Å². The smallest absolute Gasteiger partial charge is 0.350 e. The lowest BCUT2D eigenvalue weighted by atomic mass is 9.95. The van der Waals surface area contributed by atoms with Crippen LogP contribution in [0.3, 0.4) is 0 Å². The van der Waals surface area contributed by atoms with Gasteiger partial charge >= 0.3 is 11.9 Å². The number of thiazole rings is 1. The standard InChI is InChI=1S/C26H24N2O6S/c1-5-34-18-12-10-16(11-13-18)20-19(21(29)17-8-6-14(2)7-9-17)22(30)24(31)28(20)26-27-15(3)23(35-26)25(32)33-4/h6-13,20,29H,5H2,1-4H3/b21-19-. The number of benzene rings is 2. The Bertz CT molecular complexity index is 1320. The maximum absolute atomic E-state index is 13.3. The number of aliphatic hydroxyl groups is 1. The first-order valence-corrected chi connectivity index (χ1v) is 11.7. The maximum atomic E-state index is 13.3. The normalized spacial score (nSPS) is 17.0. The molecule has 0 bridgehead atoms. The average molecular weight is 493 g/mol. The summed E-state index contributed by atoms with van der Waals surface area (Å²) in [5, 5.41) is 11.3. The van der Waals surface area contributed by atoms with Crippen LogP contribution in [-0.2, 0) is 14.3 Å². The molecule has 8 nitrogen and oxygen atoms in total. The van der Waals surface area contributed by atoms with Gasteiger partial charge in [-0.05, 0) is 38.5 Å². The Balaban J connectivity index is 1.90. The molecule has 0 radical (unpaired) electrons. The number of methoxy groups -OCH3 is 1. The number of nitrogens with zero attached hydrogens (tertiary/aromatic N) is 2. The number of carbonyl (C=O) groups is 3. The van der Waals surface area contributed by atoms with Gasteiger partial charge in [-0.25, -0.2) is 9.78 Å². The molecule has 1 fully saturated rings. The molecule has 1 N–H and O–H groups in total. The lowest BCUT2D eigenvalue weighted by molar-refractivity contribution is -0.132. The molecule has 1 aromatic heterocycles. The highest BCUT2D eigenvalue weighted by Gasteiger charge is 2.48. The van der Waals surface area contributed by atoms with Crippen molar-refractivity contribution in [3.63, 3.8) is 0 Å². The number of esters is 1. The van der Waals surface area contributed by atoms with Gasteiger partial charge in [-0.3, -0.25) is 14.5 Å². The molecule has 0 spiro atoms. The third-order valence-corrected chi connectivity index (χ3v) is 6.78. The molecule has 1 unspecified atom stereocenters. The predicted molar refractivity (Wildman–Crippen MR) is 132 cm³/mol. The zero-order valence-electron chi connectivity index (χ0n) is 19.7. The third kappa shape index (κ3) is 4.42. The predicted octanol–water partition coefficient (Wildman–Crippen LogP) is 4.57. The second-order valence-electron chi connectivity index (χ2n) is 7.94. The first-order chi connectivity index (χ1) is 16.8. The number of ether oxygens (including phenoxy) is 2. The molecule has 1 atom stereocenters. The Hall–Kier alpha value is -3.98. The Kier molecular flexibility index (Phi) is 6.70. The van der Waals surface area contributed by atoms with Crippen molar-refractivity contribution in [3.05, 3.63) is 81.4 Å². The van der Waals surface area contributed by atoms with Crippen molar-refractivity contribution < 1.29 is 29.0 Å². The van der Waals surface area contributed by atoms with E-state index in [4.69, 9.17) is 9.47 Å². The van der Waals surface area contributed by atoms with E-state index in [1.165, 1.54) is 12.0 Å². The lowest BCUT2D eigenvalue weighted by Crippen LogP contribution is -2.29. The number of amides is 1. The minimum absolute atomic E-state index is 0.0597. The molecule has 0 saturated carbocycles. The second-order valence-corrected chi connectivity index (χ2v) is 8.92. The molecule has 2 aromatic carbocycles. The number of aryl methyl sites for hydroxylation is 2. The number of aliphatic hydroxyl groups excluding tert-OH is 1. The van der Waals surface area contributed by atoms with Crippen molar-refractivity contribution in [2.75, 3.05) is 18.6 Å². The summed E-state index contributed by atoms with van der Waals surface area (Å²) in [5.41, 5.74) is 2.29. The van der Waals surface area contributed by atoms with E-state index in [0.29, 0.717) is 29.2 Å². The van der Waals surface area contributed by atoms with Crippen LogP contribution in [0.25, 0.3) is 5.76 Å². The quantitative estimate of drug-likeness (QED) is 0.232. The number of hydrogen-bond donors (Lipinski definition) is 1. The second kappa shape index (κ2) is 9.71. The molecule has 1 aliphatic heterocycles. The zero-order valence-corrected chi connectivity index (χ0v) is 20.5. The summed E-state index contributed by atoms with van der Waals surface area (Å²) in [5.74, 6) is -1.92. The summed E-state index contributed by atoms with van der Waals surface area (Å²) in [4.78, 5) is 44.5. The fourth-order valence-electron chi connectivity index (χ4n) is 3.89. The first-order valence-electron chi connectivity index (χ1n) is 10.9. The fraction of sp³-hybridized carbons (Fsp3) is 0.231. The van der Waals surface area contributed by atoms with Gasteiger partial charge < -0.3 is 14.6 Å². The number of ketones is 1. The molecule has 1 saturated heterocycles. The molecule has 9 heteroatoms. The summed E-state index contributed by atoms with van der Waals surface area (Å²) >= 11 is 0.955. The van der Waals surface area contributed by atoms with E-state index in [1.807, 2.05) is 26.0 Å². The molecule has 4 rings (SSSR count). The summed E-state index contributed by atoms with van der Waals surface area (Å²) in [6, 6.07) is 13.0. The topological polar surface area (TPSA) is 106 Å². The highest BCUT2D eigenvalue weighted by atomic mass is 32.1. The number of rotatable bonds is 6. The van der Waals surface area contributed by atoms with E-state index in [2.05, 4.69) is 4.98 Å². The van der Waals surface area contributed by atoms with Gasteiger partial charge in [0, 0.05) is 5.56 Å². The maximum Gasteiger partial charge on any atom is 0.350 e. The Morgan fingerprint density at radius 1 is 1.09 bits per heavy atom. The average Bonchev–Trinajstić information content (AvgIpc) is 3.36. The minimum atomic E-state index is -0.956. The molecular weight excluding hydrogens is 468 g/mol. The summed E-state index contributed by atoms with van der Waals surface area (Å²) in [6.45, 7) is 5.89. The summed E-state index contributed by atoms with van der Waals surface area (Å²) in [7, 11) is 1.26. The van der Waals surface area contributed by atoms with Crippen molar-refractivity contribution in [1.29, 1.82) is 0 Å². The SMILES string of the molecule is CCOc1ccc(C2/C(=C(/O)c3ccc(C)cc3)C(=O)C(=O)N2c2nc(C)c(C(=O)OC)s2)cc1. The fourth-order valence-corrected chi connectivity index (χ4v) is 4.90. The van der Waals surface area contributed by atoms with E-state index in [0.717, 1.165) is 16.9 Å². The van der Waals surface area contributed by atoms with E-state index < -0.39 is 23.7 Å². The van der Waals surface area contributed by atoms with Crippen molar-refractivity contribution in [2.45, 2.75) is 26.8 Å². The molecule has 1 amide bonds. The van der Waals surface area contributed by atoms with Crippen LogP contribution in [-0.4, -0.2) is 41.5 Å². The molecule has 0 aliphatic carbocycles.